The van der Waals surface area contributed by atoms with Crippen molar-refractivity contribution in [1.82, 2.24) is 9.78 Å². The number of nitrogens with zero attached hydrogens (tertiary/aromatic N) is 2. The van der Waals surface area contributed by atoms with E-state index in [0.717, 1.165) is 16.6 Å². The number of hydrogen-bond acceptors (Lipinski definition) is 3. The highest BCUT2D eigenvalue weighted by Crippen LogP contribution is 2.24. The smallest absolute Gasteiger partial charge is 0.274 e. The molecule has 1 saturated heterocycles. The third-order valence-electron chi connectivity index (χ3n) is 3.69. The Hall–Kier alpha value is -2.46. The van der Waals surface area contributed by atoms with Gasteiger partial charge in [-0.15, -0.1) is 0 Å². The van der Waals surface area contributed by atoms with Crippen molar-refractivity contribution >= 4 is 10.8 Å². The molecule has 1 aromatic heterocycles. The van der Waals surface area contributed by atoms with Crippen molar-refractivity contribution in [2.75, 3.05) is 6.61 Å². The molecule has 1 aliphatic rings. The SMILES string of the molecule is O=c1c2ccccc2c(-c2ccccc2)nn1C[C@@H]1CO1. The summed E-state index contributed by atoms with van der Waals surface area (Å²) in [6.07, 6.45) is 0.125. The zero-order valence-electron chi connectivity index (χ0n) is 11.4. The summed E-state index contributed by atoms with van der Waals surface area (Å²) in [7, 11) is 0. The number of fused-ring (bicyclic) bond motifs is 1. The third kappa shape index (κ3) is 2.23. The second-order valence-corrected chi connectivity index (χ2v) is 5.20. The lowest BCUT2D eigenvalue weighted by atomic mass is 10.1. The van der Waals surface area contributed by atoms with E-state index in [2.05, 4.69) is 5.10 Å². The van der Waals surface area contributed by atoms with E-state index in [9.17, 15) is 4.79 Å². The fourth-order valence-corrected chi connectivity index (χ4v) is 2.53. The molecule has 4 nitrogen and oxygen atoms in total. The van der Waals surface area contributed by atoms with E-state index < -0.39 is 0 Å². The maximum atomic E-state index is 12.5. The van der Waals surface area contributed by atoms with Crippen molar-refractivity contribution in [3.63, 3.8) is 0 Å². The Morgan fingerprint density at radius 2 is 1.71 bits per heavy atom. The van der Waals surface area contributed by atoms with Crippen molar-refractivity contribution < 1.29 is 4.74 Å². The minimum absolute atomic E-state index is 0.0548. The number of epoxide rings is 1. The Labute approximate surface area is 121 Å². The molecule has 0 amide bonds. The summed E-state index contributed by atoms with van der Waals surface area (Å²) < 4.78 is 6.76. The van der Waals surface area contributed by atoms with Gasteiger partial charge in [0, 0.05) is 10.9 Å². The lowest BCUT2D eigenvalue weighted by molar-refractivity contribution is 0.369. The van der Waals surface area contributed by atoms with Gasteiger partial charge in [0.1, 0.15) is 6.10 Å². The van der Waals surface area contributed by atoms with Crippen LogP contribution in [0.3, 0.4) is 0 Å². The van der Waals surface area contributed by atoms with Crippen LogP contribution in [-0.2, 0) is 11.3 Å². The van der Waals surface area contributed by atoms with Crippen LogP contribution in [0, 0.1) is 0 Å². The zero-order chi connectivity index (χ0) is 14.2. The molecule has 0 bridgehead atoms. The fourth-order valence-electron chi connectivity index (χ4n) is 2.53. The van der Waals surface area contributed by atoms with Crippen molar-refractivity contribution in [3.05, 3.63) is 65.0 Å². The molecule has 2 aromatic carbocycles. The highest BCUT2D eigenvalue weighted by atomic mass is 16.6. The van der Waals surface area contributed by atoms with Crippen LogP contribution in [0.5, 0.6) is 0 Å². The predicted octanol–water partition coefficient (Wildman–Crippen LogP) is 2.46. The second kappa shape index (κ2) is 4.82. The summed E-state index contributed by atoms with van der Waals surface area (Å²) in [4.78, 5) is 12.5. The van der Waals surface area contributed by atoms with Gasteiger partial charge in [0.2, 0.25) is 0 Å². The topological polar surface area (TPSA) is 47.4 Å². The summed E-state index contributed by atoms with van der Waals surface area (Å²) in [5.74, 6) is 0. The van der Waals surface area contributed by atoms with Crippen LogP contribution in [0.4, 0.5) is 0 Å². The summed E-state index contributed by atoms with van der Waals surface area (Å²) in [6, 6.07) is 17.6. The van der Waals surface area contributed by atoms with Gasteiger partial charge in [0.25, 0.3) is 5.56 Å². The van der Waals surface area contributed by atoms with E-state index in [1.165, 1.54) is 4.68 Å². The first-order valence-corrected chi connectivity index (χ1v) is 7.00. The fraction of sp³-hybridized carbons (Fsp3) is 0.176. The molecule has 2 heterocycles. The maximum absolute atomic E-state index is 12.5. The van der Waals surface area contributed by atoms with Gasteiger partial charge in [-0.05, 0) is 6.07 Å². The molecule has 1 atom stereocenters. The number of hydrogen-bond donors (Lipinski definition) is 0. The Kier molecular flexibility index (Phi) is 2.82. The average molecular weight is 278 g/mol. The van der Waals surface area contributed by atoms with Crippen molar-refractivity contribution in [3.8, 4) is 11.3 Å². The normalized spacial score (nSPS) is 17.0. The molecular formula is C17H14N2O2. The van der Waals surface area contributed by atoms with Crippen molar-refractivity contribution in [2.24, 2.45) is 0 Å². The molecule has 0 aliphatic carbocycles. The Balaban J connectivity index is 1.99. The van der Waals surface area contributed by atoms with Gasteiger partial charge in [-0.2, -0.15) is 5.10 Å². The molecule has 104 valence electrons. The Morgan fingerprint density at radius 1 is 1.05 bits per heavy atom. The van der Waals surface area contributed by atoms with Gasteiger partial charge in [0.15, 0.2) is 0 Å². The van der Waals surface area contributed by atoms with Crippen LogP contribution in [0.25, 0.3) is 22.0 Å². The first-order chi connectivity index (χ1) is 10.3. The maximum Gasteiger partial charge on any atom is 0.274 e. The van der Waals surface area contributed by atoms with Crippen LogP contribution in [0.1, 0.15) is 0 Å². The summed E-state index contributed by atoms with van der Waals surface area (Å²) >= 11 is 0. The monoisotopic (exact) mass is 278 g/mol. The van der Waals surface area contributed by atoms with Crippen LogP contribution >= 0.6 is 0 Å². The van der Waals surface area contributed by atoms with Crippen molar-refractivity contribution in [2.45, 2.75) is 12.6 Å². The average Bonchev–Trinajstić information content (AvgIpc) is 3.35. The number of benzene rings is 2. The molecule has 1 fully saturated rings. The largest absolute Gasteiger partial charge is 0.371 e. The van der Waals surface area contributed by atoms with E-state index in [4.69, 9.17) is 4.74 Å². The molecule has 0 saturated carbocycles. The summed E-state index contributed by atoms with van der Waals surface area (Å²) in [5, 5.41) is 6.17. The Bertz CT molecular complexity index is 852. The van der Waals surface area contributed by atoms with Gasteiger partial charge in [-0.3, -0.25) is 4.79 Å². The number of rotatable bonds is 3. The molecule has 0 N–H and O–H groups in total. The molecule has 0 radical (unpaired) electrons. The van der Waals surface area contributed by atoms with Crippen LogP contribution < -0.4 is 5.56 Å². The van der Waals surface area contributed by atoms with E-state index in [-0.39, 0.29) is 11.7 Å². The van der Waals surface area contributed by atoms with Crippen LogP contribution in [0.15, 0.2) is 59.4 Å². The molecule has 0 spiro atoms. The minimum atomic E-state index is -0.0548. The first kappa shape index (κ1) is 12.3. The van der Waals surface area contributed by atoms with Gasteiger partial charge < -0.3 is 4.74 Å². The molecule has 1 aliphatic heterocycles. The van der Waals surface area contributed by atoms with Crippen LogP contribution in [-0.4, -0.2) is 22.5 Å². The van der Waals surface area contributed by atoms with Crippen LogP contribution in [0.2, 0.25) is 0 Å². The first-order valence-electron chi connectivity index (χ1n) is 7.00. The molecule has 3 aromatic rings. The highest BCUT2D eigenvalue weighted by Gasteiger charge is 2.24. The van der Waals surface area contributed by atoms with Gasteiger partial charge in [-0.1, -0.05) is 48.5 Å². The highest BCUT2D eigenvalue weighted by molar-refractivity contribution is 5.93. The molecule has 21 heavy (non-hydrogen) atoms. The lowest BCUT2D eigenvalue weighted by Gasteiger charge is -2.10. The standard InChI is InChI=1S/C17H14N2O2/c20-17-15-9-5-4-8-14(15)16(12-6-2-1-3-7-12)18-19(17)10-13-11-21-13/h1-9,13H,10-11H2/t13-/m1/s1. The molecule has 0 unspecified atom stereocenters. The zero-order valence-corrected chi connectivity index (χ0v) is 11.4. The number of ether oxygens (including phenoxy) is 1. The molecule has 4 rings (SSSR count). The lowest BCUT2D eigenvalue weighted by Crippen LogP contribution is -2.26. The Morgan fingerprint density at radius 3 is 2.43 bits per heavy atom. The van der Waals surface area contributed by atoms with Gasteiger partial charge in [0.05, 0.1) is 24.2 Å². The van der Waals surface area contributed by atoms with Gasteiger partial charge >= 0.3 is 0 Å². The van der Waals surface area contributed by atoms with E-state index in [1.54, 1.807) is 0 Å². The number of aromatic nitrogens is 2. The quantitative estimate of drug-likeness (QED) is 0.691. The van der Waals surface area contributed by atoms with E-state index in [1.807, 2.05) is 54.6 Å². The summed E-state index contributed by atoms with van der Waals surface area (Å²) in [6.45, 7) is 1.23. The van der Waals surface area contributed by atoms with Gasteiger partial charge in [-0.25, -0.2) is 4.68 Å². The second-order valence-electron chi connectivity index (χ2n) is 5.20. The van der Waals surface area contributed by atoms with E-state index >= 15 is 0 Å². The predicted molar refractivity (Wildman–Crippen MR) is 81.2 cm³/mol. The van der Waals surface area contributed by atoms with Crippen molar-refractivity contribution in [1.29, 1.82) is 0 Å². The van der Waals surface area contributed by atoms with E-state index in [0.29, 0.717) is 18.5 Å². The molecule has 4 heteroatoms. The third-order valence-corrected chi connectivity index (χ3v) is 3.69. The minimum Gasteiger partial charge on any atom is -0.371 e. The molecular weight excluding hydrogens is 264 g/mol. The summed E-state index contributed by atoms with van der Waals surface area (Å²) in [5.41, 5.74) is 1.80.